The Balaban J connectivity index is 2.72. The highest BCUT2D eigenvalue weighted by Crippen LogP contribution is 2.28. The number of carbonyl (C=O) groups is 2. The number of ether oxygens (including phenoxy) is 2. The number of nitrogens with one attached hydrogen (secondary N) is 2. The van der Waals surface area contributed by atoms with E-state index in [0.717, 1.165) is 0 Å². The molecular weight excluding hydrogens is 320 g/mol. The molecule has 0 fully saturated rings. The van der Waals surface area contributed by atoms with E-state index in [9.17, 15) is 19.7 Å². The van der Waals surface area contributed by atoms with Crippen molar-refractivity contribution in [3.63, 3.8) is 0 Å². The van der Waals surface area contributed by atoms with Crippen LogP contribution in [0.15, 0.2) is 23.3 Å². The summed E-state index contributed by atoms with van der Waals surface area (Å²) in [7, 11) is 2.75. The highest BCUT2D eigenvalue weighted by molar-refractivity contribution is 6.06. The Bertz CT molecular complexity index is 659. The number of hydrogen-bond donors (Lipinski definition) is 2. The fourth-order valence-electron chi connectivity index (χ4n) is 1.68. The Morgan fingerprint density at radius 1 is 1.29 bits per heavy atom. The summed E-state index contributed by atoms with van der Waals surface area (Å²) in [6, 6.07) is 4.08. The lowest BCUT2D eigenvalue weighted by molar-refractivity contribution is -0.384. The number of anilines is 1. The number of benzene rings is 1. The van der Waals surface area contributed by atoms with E-state index < -0.39 is 16.7 Å². The maximum Gasteiger partial charge on any atom is 0.296 e. The molecule has 0 aromatic heterocycles. The minimum atomic E-state index is -0.621. The molecule has 0 heterocycles. The molecule has 10 heteroatoms. The van der Waals surface area contributed by atoms with E-state index >= 15 is 0 Å². The van der Waals surface area contributed by atoms with Crippen molar-refractivity contribution in [2.24, 2.45) is 5.10 Å². The molecule has 0 saturated carbocycles. The molecule has 0 bridgehead atoms. The standard InChI is InChI=1S/C14H18N4O6/c1-9(16-17-14(20)8-23-2)6-13(19)15-11-5-4-10(24-3)7-12(11)18(21)22/h4-5,7H,6,8H2,1-3H3,(H,15,19)(H,17,20)/b16-9+. The van der Waals surface area contributed by atoms with Gasteiger partial charge in [-0.15, -0.1) is 0 Å². The largest absolute Gasteiger partial charge is 0.496 e. The average molecular weight is 338 g/mol. The zero-order valence-corrected chi connectivity index (χ0v) is 13.5. The lowest BCUT2D eigenvalue weighted by Crippen LogP contribution is -2.24. The van der Waals surface area contributed by atoms with Crippen molar-refractivity contribution in [3.05, 3.63) is 28.3 Å². The van der Waals surface area contributed by atoms with Gasteiger partial charge in [0.05, 0.1) is 24.5 Å². The van der Waals surface area contributed by atoms with Crippen LogP contribution in [0.1, 0.15) is 13.3 Å². The highest BCUT2D eigenvalue weighted by Gasteiger charge is 2.17. The van der Waals surface area contributed by atoms with Crippen molar-refractivity contribution in [3.8, 4) is 5.75 Å². The summed E-state index contributed by atoms with van der Waals surface area (Å²) in [4.78, 5) is 33.5. The lowest BCUT2D eigenvalue weighted by Gasteiger charge is -2.07. The van der Waals surface area contributed by atoms with Crippen LogP contribution in [-0.4, -0.2) is 43.3 Å². The molecule has 0 spiro atoms. The van der Waals surface area contributed by atoms with Crippen LogP contribution >= 0.6 is 0 Å². The van der Waals surface area contributed by atoms with Gasteiger partial charge in [0.2, 0.25) is 5.91 Å². The summed E-state index contributed by atoms with van der Waals surface area (Å²) in [5.41, 5.74) is 2.30. The van der Waals surface area contributed by atoms with Crippen molar-refractivity contribution in [2.75, 3.05) is 26.1 Å². The number of hydrogen-bond acceptors (Lipinski definition) is 7. The first-order chi connectivity index (χ1) is 11.4. The molecule has 2 amide bonds. The van der Waals surface area contributed by atoms with Gasteiger partial charge in [-0.05, 0) is 19.1 Å². The molecule has 1 rings (SSSR count). The van der Waals surface area contributed by atoms with Gasteiger partial charge in [0.1, 0.15) is 18.0 Å². The third-order valence-electron chi connectivity index (χ3n) is 2.74. The molecule has 130 valence electrons. The molecule has 1 aromatic carbocycles. The second-order valence-corrected chi connectivity index (χ2v) is 4.68. The molecular formula is C14H18N4O6. The molecule has 0 aliphatic carbocycles. The fraction of sp³-hybridized carbons (Fsp3) is 0.357. The highest BCUT2D eigenvalue weighted by atomic mass is 16.6. The minimum Gasteiger partial charge on any atom is -0.496 e. The number of nitro benzene ring substituents is 1. The second kappa shape index (κ2) is 9.20. The van der Waals surface area contributed by atoms with E-state index in [1.807, 2.05) is 0 Å². The van der Waals surface area contributed by atoms with E-state index in [4.69, 9.17) is 4.74 Å². The second-order valence-electron chi connectivity index (χ2n) is 4.68. The summed E-state index contributed by atoms with van der Waals surface area (Å²) >= 11 is 0. The summed E-state index contributed by atoms with van der Waals surface area (Å²) < 4.78 is 9.53. The van der Waals surface area contributed by atoms with E-state index in [2.05, 4.69) is 20.6 Å². The van der Waals surface area contributed by atoms with Crippen LogP contribution in [0.4, 0.5) is 11.4 Å². The summed E-state index contributed by atoms with van der Waals surface area (Å²) in [6.07, 6.45) is -0.142. The summed E-state index contributed by atoms with van der Waals surface area (Å²) in [5, 5.41) is 17.2. The molecule has 0 saturated heterocycles. The zero-order valence-electron chi connectivity index (χ0n) is 13.5. The van der Waals surface area contributed by atoms with Gasteiger partial charge in [0, 0.05) is 12.8 Å². The Morgan fingerprint density at radius 3 is 2.58 bits per heavy atom. The van der Waals surface area contributed by atoms with Crippen LogP contribution in [0, 0.1) is 10.1 Å². The van der Waals surface area contributed by atoms with Crippen molar-refractivity contribution >= 4 is 28.9 Å². The minimum absolute atomic E-state index is 0.0435. The number of amides is 2. The van der Waals surface area contributed by atoms with Crippen LogP contribution in [0.25, 0.3) is 0 Å². The number of carbonyl (C=O) groups excluding carboxylic acids is 2. The maximum atomic E-state index is 11.9. The van der Waals surface area contributed by atoms with Gasteiger partial charge in [-0.2, -0.15) is 5.10 Å². The van der Waals surface area contributed by atoms with Crippen molar-refractivity contribution in [1.29, 1.82) is 0 Å². The number of hydrazone groups is 1. The van der Waals surface area contributed by atoms with Crippen LogP contribution in [0.2, 0.25) is 0 Å². The Kier molecular flexibility index (Phi) is 7.30. The van der Waals surface area contributed by atoms with Gasteiger partial charge in [0.25, 0.3) is 11.6 Å². The first-order valence-electron chi connectivity index (χ1n) is 6.80. The smallest absolute Gasteiger partial charge is 0.296 e. The van der Waals surface area contributed by atoms with Crippen molar-refractivity contribution < 1.29 is 24.0 Å². The van der Waals surface area contributed by atoms with Gasteiger partial charge in [-0.25, -0.2) is 5.43 Å². The molecule has 1 aromatic rings. The molecule has 10 nitrogen and oxygen atoms in total. The topological polar surface area (TPSA) is 132 Å². The van der Waals surface area contributed by atoms with E-state index in [0.29, 0.717) is 11.5 Å². The van der Waals surface area contributed by atoms with Crippen LogP contribution < -0.4 is 15.5 Å². The Labute approximate surface area is 138 Å². The molecule has 0 radical (unpaired) electrons. The van der Waals surface area contributed by atoms with Crippen LogP contribution in [-0.2, 0) is 14.3 Å². The first-order valence-corrected chi connectivity index (χ1v) is 6.80. The summed E-state index contributed by atoms with van der Waals surface area (Å²) in [5.74, 6) is -0.660. The predicted molar refractivity (Wildman–Crippen MR) is 86.0 cm³/mol. The van der Waals surface area contributed by atoms with E-state index in [1.165, 1.54) is 39.3 Å². The monoisotopic (exact) mass is 338 g/mol. The third kappa shape index (κ3) is 6.01. The van der Waals surface area contributed by atoms with Crippen LogP contribution in [0.5, 0.6) is 5.75 Å². The number of nitrogens with zero attached hydrogens (tertiary/aromatic N) is 2. The zero-order chi connectivity index (χ0) is 18.1. The number of nitro groups is 1. The van der Waals surface area contributed by atoms with Crippen molar-refractivity contribution in [1.82, 2.24) is 5.43 Å². The predicted octanol–water partition coefficient (Wildman–Crippen LogP) is 1.07. The Hall–Kier alpha value is -3.01. The van der Waals surface area contributed by atoms with E-state index in [-0.39, 0.29) is 24.4 Å². The lowest BCUT2D eigenvalue weighted by atomic mass is 10.2. The average Bonchev–Trinajstić information content (AvgIpc) is 2.53. The van der Waals surface area contributed by atoms with Crippen LogP contribution in [0.3, 0.4) is 0 Å². The SMILES string of the molecule is COCC(=O)N/N=C(\C)CC(=O)Nc1ccc(OC)cc1[N+](=O)[O-]. The molecule has 0 unspecified atom stereocenters. The normalized spacial score (nSPS) is 10.9. The van der Waals surface area contributed by atoms with Gasteiger partial charge in [-0.1, -0.05) is 0 Å². The number of rotatable bonds is 8. The Morgan fingerprint density at radius 2 is 2.00 bits per heavy atom. The van der Waals surface area contributed by atoms with Gasteiger partial charge >= 0.3 is 0 Å². The molecule has 0 aliphatic heterocycles. The van der Waals surface area contributed by atoms with Gasteiger partial charge < -0.3 is 14.8 Å². The van der Waals surface area contributed by atoms with Crippen molar-refractivity contribution in [2.45, 2.75) is 13.3 Å². The number of methoxy groups -OCH3 is 2. The molecule has 2 N–H and O–H groups in total. The summed E-state index contributed by atoms with van der Waals surface area (Å²) in [6.45, 7) is 1.39. The van der Waals surface area contributed by atoms with Gasteiger partial charge in [-0.3, -0.25) is 19.7 Å². The molecule has 24 heavy (non-hydrogen) atoms. The van der Waals surface area contributed by atoms with E-state index in [1.54, 1.807) is 0 Å². The molecule has 0 atom stereocenters. The maximum absolute atomic E-state index is 11.9. The fourth-order valence-corrected chi connectivity index (χ4v) is 1.68. The quantitative estimate of drug-likeness (QED) is 0.414. The van der Waals surface area contributed by atoms with Gasteiger partial charge in [0.15, 0.2) is 0 Å². The first kappa shape index (κ1) is 19.0. The third-order valence-corrected chi connectivity index (χ3v) is 2.74. The molecule has 0 aliphatic rings.